The molecule has 0 saturated carbocycles. The summed E-state index contributed by atoms with van der Waals surface area (Å²) in [5, 5.41) is 2.78. The van der Waals surface area contributed by atoms with Gasteiger partial charge in [0, 0.05) is 18.8 Å². The first-order valence-corrected chi connectivity index (χ1v) is 5.23. The summed E-state index contributed by atoms with van der Waals surface area (Å²) in [5.74, 6) is 1.21. The molecule has 1 amide bonds. The van der Waals surface area contributed by atoms with Gasteiger partial charge in [-0.25, -0.2) is 0 Å². The van der Waals surface area contributed by atoms with Crippen LogP contribution < -0.4 is 5.32 Å². The van der Waals surface area contributed by atoms with Crippen molar-refractivity contribution in [3.63, 3.8) is 0 Å². The van der Waals surface area contributed by atoms with Crippen LogP contribution in [0.5, 0.6) is 0 Å². The van der Waals surface area contributed by atoms with Gasteiger partial charge < -0.3 is 9.73 Å². The third kappa shape index (κ3) is 2.77. The normalized spacial score (nSPS) is 10.1. The van der Waals surface area contributed by atoms with E-state index in [2.05, 4.69) is 5.32 Å². The average Bonchev–Trinajstić information content (AvgIpc) is 2.65. The number of hydrogen-bond donors (Lipinski definition) is 1. The number of rotatable bonds is 5. The van der Waals surface area contributed by atoms with Crippen molar-refractivity contribution in [3.05, 3.63) is 23.7 Å². The van der Waals surface area contributed by atoms with Crippen LogP contribution in [-0.2, 0) is 6.42 Å². The molecule has 0 spiro atoms. The van der Waals surface area contributed by atoms with E-state index in [0.29, 0.717) is 18.0 Å². The Kier molecular flexibility index (Phi) is 4.53. The lowest BCUT2D eigenvalue weighted by Gasteiger charge is -2.02. The minimum atomic E-state index is -0.0827. The molecule has 0 aliphatic carbocycles. The lowest BCUT2D eigenvalue weighted by Crippen LogP contribution is -2.25. The molecule has 14 heavy (non-hydrogen) atoms. The summed E-state index contributed by atoms with van der Waals surface area (Å²) in [4.78, 5) is 11.5. The molecule has 0 aliphatic heterocycles. The smallest absolute Gasteiger partial charge is 0.254 e. The Labute approximate surface area is 88.4 Å². The minimum absolute atomic E-state index is 0.0827. The van der Waals surface area contributed by atoms with Crippen LogP contribution in [0.3, 0.4) is 0 Å². The number of alkyl halides is 1. The van der Waals surface area contributed by atoms with E-state index in [9.17, 15) is 4.79 Å². The van der Waals surface area contributed by atoms with Gasteiger partial charge >= 0.3 is 0 Å². The van der Waals surface area contributed by atoms with E-state index >= 15 is 0 Å². The predicted molar refractivity (Wildman–Crippen MR) is 55.8 cm³/mol. The van der Waals surface area contributed by atoms with Crippen LogP contribution in [0.15, 0.2) is 16.7 Å². The number of amides is 1. The molecule has 0 radical (unpaired) electrons. The van der Waals surface area contributed by atoms with E-state index in [0.717, 1.165) is 18.6 Å². The largest absolute Gasteiger partial charge is 0.469 e. The quantitative estimate of drug-likeness (QED) is 0.605. The Bertz CT molecular complexity index is 296. The van der Waals surface area contributed by atoms with E-state index in [4.69, 9.17) is 16.0 Å². The molecule has 1 N–H and O–H groups in total. The molecule has 0 aliphatic rings. The highest BCUT2D eigenvalue weighted by Crippen LogP contribution is 2.10. The van der Waals surface area contributed by atoms with E-state index in [-0.39, 0.29) is 5.91 Å². The molecular weight excluding hydrogens is 202 g/mol. The van der Waals surface area contributed by atoms with Crippen molar-refractivity contribution in [1.29, 1.82) is 0 Å². The van der Waals surface area contributed by atoms with Gasteiger partial charge in [0.1, 0.15) is 5.76 Å². The Morgan fingerprint density at radius 3 is 3.07 bits per heavy atom. The maximum Gasteiger partial charge on any atom is 0.254 e. The standard InChI is InChI=1S/C10H14ClNO2/c1-2-9-8(4-7-14-9)10(13)12-6-3-5-11/h4,7H,2-3,5-6H2,1H3,(H,12,13). The molecule has 0 atom stereocenters. The van der Waals surface area contributed by atoms with Crippen molar-refractivity contribution >= 4 is 17.5 Å². The number of furan rings is 1. The fraction of sp³-hybridized carbons (Fsp3) is 0.500. The van der Waals surface area contributed by atoms with Gasteiger partial charge in [-0.1, -0.05) is 6.92 Å². The van der Waals surface area contributed by atoms with Gasteiger partial charge in [-0.3, -0.25) is 4.79 Å². The summed E-state index contributed by atoms with van der Waals surface area (Å²) < 4.78 is 5.15. The van der Waals surface area contributed by atoms with Gasteiger partial charge in [0.25, 0.3) is 5.91 Å². The molecule has 1 rings (SSSR count). The van der Waals surface area contributed by atoms with Crippen LogP contribution >= 0.6 is 11.6 Å². The molecular formula is C10H14ClNO2. The summed E-state index contributed by atoms with van der Waals surface area (Å²) in [6, 6.07) is 1.69. The second-order valence-electron chi connectivity index (χ2n) is 2.91. The number of carbonyl (C=O) groups is 1. The van der Waals surface area contributed by atoms with Crippen molar-refractivity contribution in [1.82, 2.24) is 5.32 Å². The van der Waals surface area contributed by atoms with E-state index in [1.807, 2.05) is 6.92 Å². The minimum Gasteiger partial charge on any atom is -0.469 e. The Balaban J connectivity index is 2.51. The first kappa shape index (κ1) is 11.1. The van der Waals surface area contributed by atoms with Gasteiger partial charge in [-0.05, 0) is 12.5 Å². The van der Waals surface area contributed by atoms with Gasteiger partial charge in [-0.2, -0.15) is 0 Å². The van der Waals surface area contributed by atoms with Crippen molar-refractivity contribution in [2.24, 2.45) is 0 Å². The Morgan fingerprint density at radius 2 is 2.43 bits per heavy atom. The van der Waals surface area contributed by atoms with E-state index in [1.54, 1.807) is 6.07 Å². The Morgan fingerprint density at radius 1 is 1.64 bits per heavy atom. The molecule has 0 saturated heterocycles. The summed E-state index contributed by atoms with van der Waals surface area (Å²) in [6.07, 6.45) is 3.05. The van der Waals surface area contributed by atoms with Gasteiger partial charge in [-0.15, -0.1) is 11.6 Å². The fourth-order valence-electron chi connectivity index (χ4n) is 1.18. The SMILES string of the molecule is CCc1occc1C(=O)NCCCCl. The maximum absolute atomic E-state index is 11.5. The summed E-state index contributed by atoms with van der Waals surface area (Å²) >= 11 is 5.50. The molecule has 0 unspecified atom stereocenters. The molecule has 0 fully saturated rings. The van der Waals surface area contributed by atoms with Crippen LogP contribution in [0.4, 0.5) is 0 Å². The zero-order valence-corrected chi connectivity index (χ0v) is 8.93. The van der Waals surface area contributed by atoms with Crippen molar-refractivity contribution in [3.8, 4) is 0 Å². The molecule has 0 bridgehead atoms. The second-order valence-corrected chi connectivity index (χ2v) is 3.29. The molecule has 4 heteroatoms. The van der Waals surface area contributed by atoms with Crippen LogP contribution in [0, 0.1) is 0 Å². The first-order chi connectivity index (χ1) is 6.79. The highest BCUT2D eigenvalue weighted by Gasteiger charge is 2.11. The number of hydrogen-bond acceptors (Lipinski definition) is 2. The van der Waals surface area contributed by atoms with Crippen molar-refractivity contribution in [2.45, 2.75) is 19.8 Å². The topological polar surface area (TPSA) is 42.2 Å². The molecule has 1 heterocycles. The molecule has 78 valence electrons. The second kappa shape index (κ2) is 5.70. The summed E-state index contributed by atoms with van der Waals surface area (Å²) in [7, 11) is 0. The van der Waals surface area contributed by atoms with Crippen LogP contribution in [-0.4, -0.2) is 18.3 Å². The van der Waals surface area contributed by atoms with Crippen LogP contribution in [0.1, 0.15) is 29.5 Å². The highest BCUT2D eigenvalue weighted by atomic mass is 35.5. The third-order valence-corrected chi connectivity index (χ3v) is 2.17. The van der Waals surface area contributed by atoms with E-state index < -0.39 is 0 Å². The third-order valence-electron chi connectivity index (χ3n) is 1.91. The fourth-order valence-corrected chi connectivity index (χ4v) is 1.31. The zero-order chi connectivity index (χ0) is 10.4. The average molecular weight is 216 g/mol. The van der Waals surface area contributed by atoms with E-state index in [1.165, 1.54) is 6.26 Å². The first-order valence-electron chi connectivity index (χ1n) is 4.70. The van der Waals surface area contributed by atoms with Crippen LogP contribution in [0.2, 0.25) is 0 Å². The van der Waals surface area contributed by atoms with Gasteiger partial charge in [0.05, 0.1) is 11.8 Å². The zero-order valence-electron chi connectivity index (χ0n) is 8.18. The van der Waals surface area contributed by atoms with Crippen molar-refractivity contribution < 1.29 is 9.21 Å². The lowest BCUT2D eigenvalue weighted by atomic mass is 10.2. The summed E-state index contributed by atoms with van der Waals surface area (Å²) in [5.41, 5.74) is 0.627. The molecule has 3 nitrogen and oxygen atoms in total. The van der Waals surface area contributed by atoms with Crippen LogP contribution in [0.25, 0.3) is 0 Å². The maximum atomic E-state index is 11.5. The summed E-state index contributed by atoms with van der Waals surface area (Å²) in [6.45, 7) is 2.56. The molecule has 1 aromatic heterocycles. The molecule has 1 aromatic rings. The monoisotopic (exact) mass is 215 g/mol. The lowest BCUT2D eigenvalue weighted by molar-refractivity contribution is 0.0952. The Hall–Kier alpha value is -0.960. The molecule has 0 aromatic carbocycles. The van der Waals surface area contributed by atoms with Gasteiger partial charge in [0.2, 0.25) is 0 Å². The number of carbonyl (C=O) groups excluding carboxylic acids is 1. The number of halogens is 1. The predicted octanol–water partition coefficient (Wildman–Crippen LogP) is 2.20. The number of nitrogens with one attached hydrogen (secondary N) is 1. The number of aryl methyl sites for hydroxylation is 1. The highest BCUT2D eigenvalue weighted by molar-refractivity contribution is 6.17. The van der Waals surface area contributed by atoms with Crippen molar-refractivity contribution in [2.75, 3.05) is 12.4 Å². The van der Waals surface area contributed by atoms with Gasteiger partial charge in [0.15, 0.2) is 0 Å².